The molecule has 2 nitrogen and oxygen atoms in total. The number of aryl methyl sites for hydroxylation is 1. The maximum atomic E-state index is 4.35. The van der Waals surface area contributed by atoms with Crippen LogP contribution in [0.4, 0.5) is 0 Å². The van der Waals surface area contributed by atoms with Crippen molar-refractivity contribution < 1.29 is 0 Å². The number of nitrogens with zero attached hydrogens (tertiary/aromatic N) is 2. The van der Waals surface area contributed by atoms with Crippen molar-refractivity contribution in [3.8, 4) is 0 Å². The SMILES string of the molecule is CCCC(C)Cn1ccc(C)n1. The van der Waals surface area contributed by atoms with Gasteiger partial charge in [0.1, 0.15) is 0 Å². The van der Waals surface area contributed by atoms with E-state index in [2.05, 4.69) is 31.2 Å². The number of rotatable bonds is 4. The molecule has 0 N–H and O–H groups in total. The summed E-state index contributed by atoms with van der Waals surface area (Å²) >= 11 is 0. The lowest BCUT2D eigenvalue weighted by molar-refractivity contribution is 0.419. The van der Waals surface area contributed by atoms with Crippen molar-refractivity contribution in [1.82, 2.24) is 9.78 Å². The Morgan fingerprint density at radius 1 is 1.58 bits per heavy atom. The Hall–Kier alpha value is -0.790. The molecular formula is C10H18N2. The molecule has 0 spiro atoms. The van der Waals surface area contributed by atoms with Gasteiger partial charge in [-0.05, 0) is 25.3 Å². The zero-order chi connectivity index (χ0) is 8.97. The molecule has 0 radical (unpaired) electrons. The van der Waals surface area contributed by atoms with Crippen LogP contribution in [0.2, 0.25) is 0 Å². The third-order valence-electron chi connectivity index (χ3n) is 2.05. The summed E-state index contributed by atoms with van der Waals surface area (Å²) in [5.41, 5.74) is 1.11. The average molecular weight is 166 g/mol. The molecule has 68 valence electrons. The van der Waals surface area contributed by atoms with E-state index in [1.54, 1.807) is 0 Å². The molecule has 0 bridgehead atoms. The van der Waals surface area contributed by atoms with Crippen molar-refractivity contribution in [3.63, 3.8) is 0 Å². The summed E-state index contributed by atoms with van der Waals surface area (Å²) in [5, 5.41) is 4.35. The number of aromatic nitrogens is 2. The summed E-state index contributed by atoms with van der Waals surface area (Å²) in [6, 6.07) is 2.05. The lowest BCUT2D eigenvalue weighted by Crippen LogP contribution is -2.07. The summed E-state index contributed by atoms with van der Waals surface area (Å²) in [6.45, 7) is 7.59. The second-order valence-electron chi connectivity index (χ2n) is 3.57. The highest BCUT2D eigenvalue weighted by Crippen LogP contribution is 2.07. The normalized spacial score (nSPS) is 13.2. The van der Waals surface area contributed by atoms with Gasteiger partial charge in [0.05, 0.1) is 5.69 Å². The molecule has 0 saturated carbocycles. The topological polar surface area (TPSA) is 17.8 Å². The summed E-state index contributed by atoms with van der Waals surface area (Å²) in [4.78, 5) is 0. The first-order chi connectivity index (χ1) is 5.72. The molecule has 1 heterocycles. The van der Waals surface area contributed by atoms with E-state index >= 15 is 0 Å². The van der Waals surface area contributed by atoms with Crippen LogP contribution in [-0.4, -0.2) is 9.78 Å². The van der Waals surface area contributed by atoms with E-state index in [0.29, 0.717) is 0 Å². The Balaban J connectivity index is 2.41. The van der Waals surface area contributed by atoms with Crippen molar-refractivity contribution in [3.05, 3.63) is 18.0 Å². The van der Waals surface area contributed by atoms with Gasteiger partial charge in [0, 0.05) is 12.7 Å². The minimum Gasteiger partial charge on any atom is -0.272 e. The smallest absolute Gasteiger partial charge is 0.0593 e. The van der Waals surface area contributed by atoms with Gasteiger partial charge in [-0.2, -0.15) is 5.10 Å². The Morgan fingerprint density at radius 2 is 2.33 bits per heavy atom. The van der Waals surface area contributed by atoms with Crippen LogP contribution >= 0.6 is 0 Å². The first-order valence-electron chi connectivity index (χ1n) is 4.72. The van der Waals surface area contributed by atoms with E-state index < -0.39 is 0 Å². The fourth-order valence-electron chi connectivity index (χ4n) is 1.47. The fraction of sp³-hybridized carbons (Fsp3) is 0.700. The maximum Gasteiger partial charge on any atom is 0.0593 e. The zero-order valence-corrected chi connectivity index (χ0v) is 8.25. The van der Waals surface area contributed by atoms with Gasteiger partial charge in [-0.1, -0.05) is 20.3 Å². The van der Waals surface area contributed by atoms with Crippen LogP contribution in [-0.2, 0) is 6.54 Å². The molecule has 0 fully saturated rings. The lowest BCUT2D eigenvalue weighted by Gasteiger charge is -2.09. The molecule has 2 heteroatoms. The summed E-state index contributed by atoms with van der Waals surface area (Å²) < 4.78 is 2.04. The number of hydrogen-bond acceptors (Lipinski definition) is 1. The Morgan fingerprint density at radius 3 is 2.83 bits per heavy atom. The summed E-state index contributed by atoms with van der Waals surface area (Å²) in [6.07, 6.45) is 4.61. The van der Waals surface area contributed by atoms with E-state index in [1.807, 2.05) is 11.6 Å². The fourth-order valence-corrected chi connectivity index (χ4v) is 1.47. The molecule has 0 aliphatic rings. The van der Waals surface area contributed by atoms with Gasteiger partial charge < -0.3 is 0 Å². The second-order valence-corrected chi connectivity index (χ2v) is 3.57. The van der Waals surface area contributed by atoms with E-state index in [1.165, 1.54) is 12.8 Å². The van der Waals surface area contributed by atoms with Crippen molar-refractivity contribution >= 4 is 0 Å². The third kappa shape index (κ3) is 2.68. The minimum atomic E-state index is 0.745. The molecular weight excluding hydrogens is 148 g/mol. The van der Waals surface area contributed by atoms with Crippen molar-refractivity contribution in [2.45, 2.75) is 40.2 Å². The number of hydrogen-bond donors (Lipinski definition) is 0. The van der Waals surface area contributed by atoms with Crippen LogP contribution in [0.1, 0.15) is 32.4 Å². The van der Waals surface area contributed by atoms with E-state index in [-0.39, 0.29) is 0 Å². The average Bonchev–Trinajstić information content (AvgIpc) is 2.36. The van der Waals surface area contributed by atoms with Gasteiger partial charge in [-0.25, -0.2) is 0 Å². The summed E-state index contributed by atoms with van der Waals surface area (Å²) in [5.74, 6) is 0.745. The monoisotopic (exact) mass is 166 g/mol. The van der Waals surface area contributed by atoms with Crippen LogP contribution in [0.3, 0.4) is 0 Å². The highest BCUT2D eigenvalue weighted by molar-refractivity contribution is 4.94. The molecule has 0 amide bonds. The minimum absolute atomic E-state index is 0.745. The van der Waals surface area contributed by atoms with Crippen LogP contribution in [0.5, 0.6) is 0 Å². The van der Waals surface area contributed by atoms with Crippen molar-refractivity contribution in [2.24, 2.45) is 5.92 Å². The van der Waals surface area contributed by atoms with Crippen molar-refractivity contribution in [2.75, 3.05) is 0 Å². The van der Waals surface area contributed by atoms with Gasteiger partial charge in [0.15, 0.2) is 0 Å². The highest BCUT2D eigenvalue weighted by atomic mass is 15.3. The molecule has 12 heavy (non-hydrogen) atoms. The Kier molecular flexibility index (Phi) is 3.32. The van der Waals surface area contributed by atoms with Gasteiger partial charge in [0.2, 0.25) is 0 Å². The Labute approximate surface area is 74.6 Å². The second kappa shape index (κ2) is 4.29. The predicted octanol–water partition coefficient (Wildman–Crippen LogP) is 2.63. The highest BCUT2D eigenvalue weighted by Gasteiger charge is 2.01. The third-order valence-corrected chi connectivity index (χ3v) is 2.05. The van der Waals surface area contributed by atoms with Crippen LogP contribution in [0.15, 0.2) is 12.3 Å². The first kappa shape index (κ1) is 9.30. The van der Waals surface area contributed by atoms with Gasteiger partial charge in [-0.3, -0.25) is 4.68 Å². The van der Waals surface area contributed by atoms with Crippen LogP contribution in [0.25, 0.3) is 0 Å². The largest absolute Gasteiger partial charge is 0.272 e. The maximum absolute atomic E-state index is 4.35. The van der Waals surface area contributed by atoms with E-state index in [9.17, 15) is 0 Å². The van der Waals surface area contributed by atoms with E-state index in [0.717, 1.165) is 18.2 Å². The van der Waals surface area contributed by atoms with E-state index in [4.69, 9.17) is 0 Å². The molecule has 0 saturated heterocycles. The standard InChI is InChI=1S/C10H18N2/c1-4-5-9(2)8-12-7-6-10(3)11-12/h6-7,9H,4-5,8H2,1-3H3. The first-order valence-corrected chi connectivity index (χ1v) is 4.72. The quantitative estimate of drug-likeness (QED) is 0.672. The van der Waals surface area contributed by atoms with Crippen molar-refractivity contribution in [1.29, 1.82) is 0 Å². The van der Waals surface area contributed by atoms with Gasteiger partial charge in [-0.15, -0.1) is 0 Å². The molecule has 1 rings (SSSR count). The van der Waals surface area contributed by atoms with Gasteiger partial charge in [0.25, 0.3) is 0 Å². The molecule has 1 aromatic rings. The molecule has 0 aromatic carbocycles. The van der Waals surface area contributed by atoms with Crippen LogP contribution in [0, 0.1) is 12.8 Å². The zero-order valence-electron chi connectivity index (χ0n) is 8.25. The molecule has 1 atom stereocenters. The lowest BCUT2D eigenvalue weighted by atomic mass is 10.1. The summed E-state index contributed by atoms with van der Waals surface area (Å²) in [7, 11) is 0. The van der Waals surface area contributed by atoms with Gasteiger partial charge >= 0.3 is 0 Å². The molecule has 1 aromatic heterocycles. The molecule has 0 aliphatic carbocycles. The van der Waals surface area contributed by atoms with Crippen LogP contribution < -0.4 is 0 Å². The molecule has 1 unspecified atom stereocenters. The Bertz CT molecular complexity index is 227. The predicted molar refractivity (Wildman–Crippen MR) is 51.0 cm³/mol. The molecule has 0 aliphatic heterocycles.